The minimum absolute atomic E-state index is 0.0712. The summed E-state index contributed by atoms with van der Waals surface area (Å²) in [5.41, 5.74) is 2.01. The molecule has 1 heterocycles. The number of ether oxygens (including phenoxy) is 5. The van der Waals surface area contributed by atoms with E-state index >= 15 is 0 Å². The van der Waals surface area contributed by atoms with Crippen molar-refractivity contribution in [3.05, 3.63) is 77.6 Å². The largest absolute Gasteiger partial charge is 0.497 e. The number of carbonyl (C=O) groups is 3. The van der Waals surface area contributed by atoms with Gasteiger partial charge in [-0.2, -0.15) is 0 Å². The first-order chi connectivity index (χ1) is 19.6. The number of ketones is 1. The molecule has 41 heavy (non-hydrogen) atoms. The molecular weight excluding hydrogens is 526 g/mol. The Morgan fingerprint density at radius 3 is 1.93 bits per heavy atom. The van der Waals surface area contributed by atoms with Crippen LogP contribution in [0, 0.1) is 11.8 Å². The van der Waals surface area contributed by atoms with Crippen molar-refractivity contribution in [1.82, 2.24) is 4.98 Å². The van der Waals surface area contributed by atoms with Gasteiger partial charge in [0.15, 0.2) is 17.2 Å². The zero-order valence-corrected chi connectivity index (χ0v) is 24.3. The lowest BCUT2D eigenvalue weighted by atomic mass is 9.88. The summed E-state index contributed by atoms with van der Waals surface area (Å²) in [4.78, 5) is 42.0. The number of methoxy groups -OCH3 is 3. The van der Waals surface area contributed by atoms with Crippen LogP contribution in [0.25, 0.3) is 0 Å². The molecule has 0 bridgehead atoms. The summed E-state index contributed by atoms with van der Waals surface area (Å²) in [7, 11) is 4.64. The maximum Gasteiger partial charge on any atom is 0.309 e. The monoisotopic (exact) mass is 563 g/mol. The highest BCUT2D eigenvalue weighted by molar-refractivity contribution is 5.99. The molecule has 0 amide bonds. The zero-order valence-electron chi connectivity index (χ0n) is 24.3. The molecule has 0 N–H and O–H groups in total. The fraction of sp³-hybridized carbons (Fsp3) is 0.375. The van der Waals surface area contributed by atoms with Crippen molar-refractivity contribution in [3.8, 4) is 23.0 Å². The Hall–Kier alpha value is -4.40. The lowest BCUT2D eigenvalue weighted by molar-refractivity contribution is -0.155. The van der Waals surface area contributed by atoms with E-state index in [9.17, 15) is 14.4 Å². The van der Waals surface area contributed by atoms with Gasteiger partial charge >= 0.3 is 11.9 Å². The molecule has 2 atom stereocenters. The third kappa shape index (κ3) is 8.79. The molecule has 0 aliphatic rings. The van der Waals surface area contributed by atoms with Crippen molar-refractivity contribution in [2.24, 2.45) is 11.8 Å². The SMILES string of the molecule is COc1cccc(CC(Cc2cccc(OC)c2)[C@H](C)OC(=O)[C@H](C)CC(=O)c2nccc(OC)c2OC(C)=O)c1. The molecule has 1 aromatic heterocycles. The van der Waals surface area contributed by atoms with Gasteiger partial charge in [0.1, 0.15) is 17.6 Å². The van der Waals surface area contributed by atoms with E-state index in [0.717, 1.165) is 22.6 Å². The van der Waals surface area contributed by atoms with E-state index in [0.29, 0.717) is 12.8 Å². The number of rotatable bonds is 14. The van der Waals surface area contributed by atoms with Gasteiger partial charge in [0.25, 0.3) is 0 Å². The summed E-state index contributed by atoms with van der Waals surface area (Å²) >= 11 is 0. The van der Waals surface area contributed by atoms with Gasteiger partial charge in [-0.25, -0.2) is 4.98 Å². The molecule has 9 nitrogen and oxygen atoms in total. The van der Waals surface area contributed by atoms with Gasteiger partial charge in [0.05, 0.1) is 27.2 Å². The fourth-order valence-electron chi connectivity index (χ4n) is 4.49. The summed E-state index contributed by atoms with van der Waals surface area (Å²) in [5, 5.41) is 0. The second-order valence-corrected chi connectivity index (χ2v) is 9.83. The molecule has 0 saturated carbocycles. The van der Waals surface area contributed by atoms with E-state index < -0.39 is 29.7 Å². The minimum Gasteiger partial charge on any atom is -0.497 e. The number of carbonyl (C=O) groups excluding carboxylic acids is 3. The molecule has 0 aliphatic carbocycles. The summed E-state index contributed by atoms with van der Waals surface area (Å²) in [5.74, 6) is -0.819. The molecule has 3 rings (SSSR count). The second kappa shape index (κ2) is 14.8. The van der Waals surface area contributed by atoms with Crippen LogP contribution in [0.3, 0.4) is 0 Å². The molecule has 0 unspecified atom stereocenters. The van der Waals surface area contributed by atoms with Crippen LogP contribution in [-0.4, -0.2) is 50.1 Å². The van der Waals surface area contributed by atoms with E-state index in [1.807, 2.05) is 55.5 Å². The van der Waals surface area contributed by atoms with Gasteiger partial charge in [-0.15, -0.1) is 0 Å². The number of Topliss-reactive ketones (excluding diaryl/α,β-unsaturated/α-hetero) is 1. The van der Waals surface area contributed by atoms with E-state index in [2.05, 4.69) is 4.98 Å². The third-order valence-corrected chi connectivity index (χ3v) is 6.72. The number of hydrogen-bond acceptors (Lipinski definition) is 9. The van der Waals surface area contributed by atoms with Gasteiger partial charge in [0.2, 0.25) is 5.75 Å². The van der Waals surface area contributed by atoms with E-state index in [-0.39, 0.29) is 29.5 Å². The lowest BCUT2D eigenvalue weighted by Gasteiger charge is -2.26. The van der Waals surface area contributed by atoms with Crippen molar-refractivity contribution >= 4 is 17.7 Å². The lowest BCUT2D eigenvalue weighted by Crippen LogP contribution is -2.30. The van der Waals surface area contributed by atoms with E-state index in [1.165, 1.54) is 26.3 Å². The van der Waals surface area contributed by atoms with Crippen molar-refractivity contribution < 1.29 is 38.1 Å². The Bertz CT molecular complexity index is 1310. The standard InChI is InChI=1S/C32H37NO8/c1-20(15-28(35)30-31(41-22(3)34)29(39-6)13-14-33-30)32(36)40-21(2)25(16-23-9-7-11-26(18-23)37-4)17-24-10-8-12-27(19-24)38-5/h7-14,18-21,25H,15-17H2,1-6H3/t20-,21+/m1/s1. The highest BCUT2D eigenvalue weighted by Crippen LogP contribution is 2.31. The Labute approximate surface area is 240 Å². The van der Waals surface area contributed by atoms with Crippen LogP contribution in [0.15, 0.2) is 60.8 Å². The number of aromatic nitrogens is 1. The molecule has 0 fully saturated rings. The predicted octanol–water partition coefficient (Wildman–Crippen LogP) is 5.27. The van der Waals surface area contributed by atoms with Crippen LogP contribution in [0.5, 0.6) is 23.0 Å². The van der Waals surface area contributed by atoms with E-state index in [1.54, 1.807) is 21.1 Å². The maximum absolute atomic E-state index is 13.2. The summed E-state index contributed by atoms with van der Waals surface area (Å²) in [6, 6.07) is 17.1. The average molecular weight is 564 g/mol. The molecule has 0 spiro atoms. The molecule has 9 heteroatoms. The Morgan fingerprint density at radius 1 is 0.829 bits per heavy atom. The van der Waals surface area contributed by atoms with Crippen molar-refractivity contribution in [1.29, 1.82) is 0 Å². The summed E-state index contributed by atoms with van der Waals surface area (Å²) < 4.78 is 27.1. The Morgan fingerprint density at radius 2 is 1.41 bits per heavy atom. The van der Waals surface area contributed by atoms with Crippen LogP contribution in [0.4, 0.5) is 0 Å². The highest BCUT2D eigenvalue weighted by atomic mass is 16.6. The molecule has 0 aliphatic heterocycles. The molecular formula is C32H37NO8. The Balaban J connectivity index is 1.76. The van der Waals surface area contributed by atoms with Gasteiger partial charge < -0.3 is 23.7 Å². The quantitative estimate of drug-likeness (QED) is 0.191. The van der Waals surface area contributed by atoms with Gasteiger partial charge in [0, 0.05) is 31.5 Å². The van der Waals surface area contributed by atoms with Crippen molar-refractivity contribution in [3.63, 3.8) is 0 Å². The van der Waals surface area contributed by atoms with E-state index in [4.69, 9.17) is 23.7 Å². The number of benzene rings is 2. The van der Waals surface area contributed by atoms with Crippen LogP contribution >= 0.6 is 0 Å². The minimum atomic E-state index is -0.766. The van der Waals surface area contributed by atoms with Crippen LogP contribution < -0.4 is 18.9 Å². The fourth-order valence-corrected chi connectivity index (χ4v) is 4.49. The summed E-state index contributed by atoms with van der Waals surface area (Å²) in [6.45, 7) is 4.70. The first-order valence-corrected chi connectivity index (χ1v) is 13.4. The van der Waals surface area contributed by atoms with Crippen molar-refractivity contribution in [2.45, 2.75) is 46.1 Å². The van der Waals surface area contributed by atoms with Crippen LogP contribution in [0.1, 0.15) is 48.8 Å². The summed E-state index contributed by atoms with van der Waals surface area (Å²) in [6.07, 6.45) is 2.00. The predicted molar refractivity (Wildman–Crippen MR) is 153 cm³/mol. The third-order valence-electron chi connectivity index (χ3n) is 6.72. The Kier molecular flexibility index (Phi) is 11.3. The molecule has 2 aromatic carbocycles. The van der Waals surface area contributed by atoms with Gasteiger partial charge in [-0.3, -0.25) is 14.4 Å². The number of hydrogen-bond donors (Lipinski definition) is 0. The van der Waals surface area contributed by atoms with Gasteiger partial charge in [-0.1, -0.05) is 31.2 Å². The first-order valence-electron chi connectivity index (χ1n) is 13.4. The normalized spacial score (nSPS) is 12.3. The van der Waals surface area contributed by atoms with Gasteiger partial charge in [-0.05, 0) is 55.2 Å². The highest BCUT2D eigenvalue weighted by Gasteiger charge is 2.28. The average Bonchev–Trinajstić information content (AvgIpc) is 2.96. The first kappa shape index (κ1) is 31.1. The number of nitrogens with zero attached hydrogens (tertiary/aromatic N) is 1. The molecule has 218 valence electrons. The maximum atomic E-state index is 13.2. The zero-order chi connectivity index (χ0) is 29.9. The second-order valence-electron chi connectivity index (χ2n) is 9.83. The van der Waals surface area contributed by atoms with Crippen LogP contribution in [-0.2, 0) is 27.2 Å². The van der Waals surface area contributed by atoms with Crippen LogP contribution in [0.2, 0.25) is 0 Å². The topological polar surface area (TPSA) is 110 Å². The number of pyridine rings is 1. The molecule has 0 radical (unpaired) electrons. The smallest absolute Gasteiger partial charge is 0.309 e. The molecule has 3 aromatic rings. The van der Waals surface area contributed by atoms with Crippen molar-refractivity contribution in [2.75, 3.05) is 21.3 Å². The molecule has 0 saturated heterocycles. The number of esters is 2.